The van der Waals surface area contributed by atoms with E-state index in [-0.39, 0.29) is 24.3 Å². The lowest BCUT2D eigenvalue weighted by atomic mass is 10.1. The first-order chi connectivity index (χ1) is 11.0. The Morgan fingerprint density at radius 3 is 2.22 bits per heavy atom. The van der Waals surface area contributed by atoms with Gasteiger partial charge < -0.3 is 21.9 Å². The minimum atomic E-state index is -0.347. The van der Waals surface area contributed by atoms with Crippen molar-refractivity contribution in [2.45, 2.75) is 51.0 Å². The summed E-state index contributed by atoms with van der Waals surface area (Å²) >= 11 is 0. The van der Waals surface area contributed by atoms with Crippen LogP contribution in [-0.2, 0) is 16.0 Å². The Morgan fingerprint density at radius 2 is 1.61 bits per heavy atom. The highest BCUT2D eigenvalue weighted by molar-refractivity contribution is 5.73. The summed E-state index contributed by atoms with van der Waals surface area (Å²) in [5, 5.41) is 0. The maximum absolute atomic E-state index is 10.7. The minimum absolute atomic E-state index is 0.201. The summed E-state index contributed by atoms with van der Waals surface area (Å²) in [7, 11) is 0. The van der Waals surface area contributed by atoms with Crippen LogP contribution in [0.25, 0.3) is 0 Å². The number of carbonyl (C=O) groups is 2. The summed E-state index contributed by atoms with van der Waals surface area (Å²) in [4.78, 5) is 21.3. The molecule has 0 spiro atoms. The Bertz CT molecular complexity index is 488. The average Bonchev–Trinajstić information content (AvgIpc) is 2.51. The molecule has 1 rings (SSSR count). The first kappa shape index (κ1) is 19.0. The Balaban J connectivity index is 2.22. The van der Waals surface area contributed by atoms with Gasteiger partial charge in [-0.25, -0.2) is 0 Å². The molecule has 0 aliphatic rings. The van der Waals surface area contributed by atoms with Gasteiger partial charge in [-0.3, -0.25) is 9.59 Å². The number of hydrogen-bond donors (Lipinski definition) is 3. The highest BCUT2D eigenvalue weighted by Gasteiger charge is 2.06. The van der Waals surface area contributed by atoms with E-state index in [9.17, 15) is 9.59 Å². The van der Waals surface area contributed by atoms with E-state index in [0.717, 1.165) is 31.4 Å². The number of carbonyl (C=O) groups excluding carboxylic acids is 2. The van der Waals surface area contributed by atoms with Crippen molar-refractivity contribution >= 4 is 11.8 Å². The molecular formula is C17H27N3O3. The number of primary amides is 2. The smallest absolute Gasteiger partial charge is 0.217 e. The van der Waals surface area contributed by atoms with Gasteiger partial charge in [-0.1, -0.05) is 18.6 Å². The summed E-state index contributed by atoms with van der Waals surface area (Å²) in [6, 6.07) is 7.68. The van der Waals surface area contributed by atoms with Gasteiger partial charge >= 0.3 is 0 Å². The second-order valence-corrected chi connectivity index (χ2v) is 5.75. The zero-order valence-electron chi connectivity index (χ0n) is 13.5. The number of aryl methyl sites for hydroxylation is 1. The molecule has 0 fully saturated rings. The molecule has 0 aromatic heterocycles. The van der Waals surface area contributed by atoms with Crippen molar-refractivity contribution in [3.63, 3.8) is 0 Å². The molecule has 1 aromatic rings. The van der Waals surface area contributed by atoms with E-state index in [1.165, 1.54) is 5.56 Å². The quantitative estimate of drug-likeness (QED) is 0.501. The van der Waals surface area contributed by atoms with Crippen molar-refractivity contribution in [1.82, 2.24) is 0 Å². The highest BCUT2D eigenvalue weighted by atomic mass is 16.5. The Hall–Kier alpha value is -2.08. The maximum atomic E-state index is 10.7. The topological polar surface area (TPSA) is 121 Å². The molecule has 0 radical (unpaired) electrons. The molecule has 1 unspecified atom stereocenters. The van der Waals surface area contributed by atoms with Gasteiger partial charge in [0.05, 0.1) is 0 Å². The van der Waals surface area contributed by atoms with Crippen molar-refractivity contribution in [2.75, 3.05) is 6.61 Å². The zero-order valence-corrected chi connectivity index (χ0v) is 13.5. The SMILES string of the molecule is NC(=O)CCCCCc1ccc(OCC(N)CCC(N)=O)cc1. The molecule has 0 bridgehead atoms. The molecule has 128 valence electrons. The van der Waals surface area contributed by atoms with Gasteiger partial charge in [-0.2, -0.15) is 0 Å². The van der Waals surface area contributed by atoms with Crippen molar-refractivity contribution in [1.29, 1.82) is 0 Å². The van der Waals surface area contributed by atoms with Crippen molar-refractivity contribution in [3.8, 4) is 5.75 Å². The first-order valence-corrected chi connectivity index (χ1v) is 8.01. The molecule has 0 saturated heterocycles. The zero-order chi connectivity index (χ0) is 17.1. The molecule has 0 heterocycles. The number of unbranched alkanes of at least 4 members (excludes halogenated alkanes) is 2. The van der Waals surface area contributed by atoms with Gasteiger partial charge in [0.2, 0.25) is 11.8 Å². The van der Waals surface area contributed by atoms with E-state index < -0.39 is 0 Å². The lowest BCUT2D eigenvalue weighted by Gasteiger charge is -2.12. The molecule has 6 N–H and O–H groups in total. The van der Waals surface area contributed by atoms with Crippen LogP contribution in [-0.4, -0.2) is 24.5 Å². The van der Waals surface area contributed by atoms with E-state index in [4.69, 9.17) is 21.9 Å². The lowest BCUT2D eigenvalue weighted by molar-refractivity contribution is -0.119. The monoisotopic (exact) mass is 321 g/mol. The summed E-state index contributed by atoms with van der Waals surface area (Å²) < 4.78 is 5.60. The van der Waals surface area contributed by atoms with Gasteiger partial charge in [0.15, 0.2) is 0 Å². The van der Waals surface area contributed by atoms with Crippen LogP contribution in [0.15, 0.2) is 24.3 Å². The molecule has 1 atom stereocenters. The second-order valence-electron chi connectivity index (χ2n) is 5.75. The summed E-state index contributed by atoms with van der Waals surface area (Å²) in [6.45, 7) is 0.361. The highest BCUT2D eigenvalue weighted by Crippen LogP contribution is 2.15. The summed E-state index contributed by atoms with van der Waals surface area (Å²) in [5.74, 6) is 0.179. The van der Waals surface area contributed by atoms with E-state index in [1.807, 2.05) is 24.3 Å². The van der Waals surface area contributed by atoms with E-state index in [1.54, 1.807) is 0 Å². The molecule has 6 nitrogen and oxygen atoms in total. The Kier molecular flexibility index (Phi) is 8.75. The number of benzene rings is 1. The molecule has 0 saturated carbocycles. The number of hydrogen-bond acceptors (Lipinski definition) is 4. The van der Waals surface area contributed by atoms with Crippen molar-refractivity contribution in [3.05, 3.63) is 29.8 Å². The van der Waals surface area contributed by atoms with Crippen LogP contribution in [0.5, 0.6) is 5.75 Å². The van der Waals surface area contributed by atoms with Gasteiger partial charge in [0.25, 0.3) is 0 Å². The Labute approximate surface area is 137 Å². The summed E-state index contributed by atoms with van der Waals surface area (Å²) in [6.07, 6.45) is 5.11. The summed E-state index contributed by atoms with van der Waals surface area (Å²) in [5.41, 5.74) is 17.3. The number of ether oxygens (including phenoxy) is 1. The molecule has 0 aliphatic carbocycles. The van der Waals surface area contributed by atoms with E-state index >= 15 is 0 Å². The van der Waals surface area contributed by atoms with Crippen LogP contribution >= 0.6 is 0 Å². The van der Waals surface area contributed by atoms with Crippen LogP contribution in [0.3, 0.4) is 0 Å². The number of rotatable bonds is 12. The predicted octanol–water partition coefficient (Wildman–Crippen LogP) is 1.25. The molecule has 1 aromatic carbocycles. The second kappa shape index (κ2) is 10.6. The molecule has 0 aliphatic heterocycles. The average molecular weight is 321 g/mol. The van der Waals surface area contributed by atoms with Crippen LogP contribution in [0, 0.1) is 0 Å². The fraction of sp³-hybridized carbons (Fsp3) is 0.529. The van der Waals surface area contributed by atoms with Gasteiger partial charge in [-0.15, -0.1) is 0 Å². The van der Waals surface area contributed by atoms with Crippen LogP contribution in [0.4, 0.5) is 0 Å². The third-order valence-corrected chi connectivity index (χ3v) is 3.54. The Morgan fingerprint density at radius 1 is 0.957 bits per heavy atom. The van der Waals surface area contributed by atoms with Gasteiger partial charge in [0, 0.05) is 18.9 Å². The number of amides is 2. The fourth-order valence-corrected chi connectivity index (χ4v) is 2.17. The minimum Gasteiger partial charge on any atom is -0.492 e. The van der Waals surface area contributed by atoms with E-state index in [0.29, 0.717) is 19.4 Å². The van der Waals surface area contributed by atoms with E-state index in [2.05, 4.69) is 0 Å². The molecule has 6 heteroatoms. The molecule has 2 amide bonds. The largest absolute Gasteiger partial charge is 0.492 e. The first-order valence-electron chi connectivity index (χ1n) is 8.01. The fourth-order valence-electron chi connectivity index (χ4n) is 2.17. The third kappa shape index (κ3) is 9.52. The van der Waals surface area contributed by atoms with Gasteiger partial charge in [0.1, 0.15) is 12.4 Å². The normalized spacial score (nSPS) is 11.9. The van der Waals surface area contributed by atoms with Crippen LogP contribution in [0.1, 0.15) is 44.1 Å². The van der Waals surface area contributed by atoms with Crippen LogP contribution < -0.4 is 21.9 Å². The van der Waals surface area contributed by atoms with Crippen molar-refractivity contribution < 1.29 is 14.3 Å². The predicted molar refractivity (Wildman–Crippen MR) is 89.7 cm³/mol. The lowest BCUT2D eigenvalue weighted by Crippen LogP contribution is -2.29. The maximum Gasteiger partial charge on any atom is 0.217 e. The van der Waals surface area contributed by atoms with Crippen molar-refractivity contribution in [2.24, 2.45) is 17.2 Å². The number of nitrogens with two attached hydrogens (primary N) is 3. The standard InChI is InChI=1S/C17H27N3O3/c18-14(8-11-17(20)22)12-23-15-9-6-13(7-10-15)4-2-1-3-5-16(19)21/h6-7,9-10,14H,1-5,8,11-12,18H2,(H2,19,21)(H2,20,22). The third-order valence-electron chi connectivity index (χ3n) is 3.54. The molecular weight excluding hydrogens is 294 g/mol. The molecule has 23 heavy (non-hydrogen) atoms. The van der Waals surface area contributed by atoms with Crippen LogP contribution in [0.2, 0.25) is 0 Å². The van der Waals surface area contributed by atoms with Gasteiger partial charge in [-0.05, 0) is 43.4 Å².